The number of alkyl halides is 3. The van der Waals surface area contributed by atoms with Gasteiger partial charge in [0.15, 0.2) is 6.17 Å². The van der Waals surface area contributed by atoms with Gasteiger partial charge in [0.2, 0.25) is 11.9 Å². The Hall–Kier alpha value is -4.02. The van der Waals surface area contributed by atoms with Crippen LogP contribution in [0, 0.1) is 18.3 Å². The number of aromatic nitrogens is 3. The maximum Gasteiger partial charge on any atom is 0.248 e. The van der Waals surface area contributed by atoms with Gasteiger partial charge in [-0.05, 0) is 91.5 Å². The van der Waals surface area contributed by atoms with Gasteiger partial charge in [0.25, 0.3) is 0 Å². The van der Waals surface area contributed by atoms with Gasteiger partial charge in [-0.25, -0.2) is 23.1 Å². The maximum absolute atomic E-state index is 17.8. The molecule has 7 nitrogen and oxygen atoms in total. The van der Waals surface area contributed by atoms with E-state index in [2.05, 4.69) is 42.6 Å². The molecule has 57 heavy (non-hydrogen) atoms. The lowest BCUT2D eigenvalue weighted by atomic mass is 9.68. The van der Waals surface area contributed by atoms with Crippen LogP contribution in [0.15, 0.2) is 60.9 Å². The average molecular weight is 785 g/mol. The lowest BCUT2D eigenvalue weighted by Crippen LogP contribution is -2.36. The van der Waals surface area contributed by atoms with Crippen LogP contribution in [0.4, 0.5) is 19.1 Å². The highest BCUT2D eigenvalue weighted by molar-refractivity contribution is 5.51. The van der Waals surface area contributed by atoms with E-state index < -0.39 is 12.1 Å². The molecule has 306 valence electrons. The normalized spacial score (nSPS) is 20.4. The van der Waals surface area contributed by atoms with E-state index in [9.17, 15) is 8.78 Å². The number of ether oxygens (including phenoxy) is 3. The fourth-order valence-electron chi connectivity index (χ4n) is 8.99. The number of aryl methyl sites for hydroxylation is 1. The Morgan fingerprint density at radius 2 is 1.51 bits per heavy atom. The summed E-state index contributed by atoms with van der Waals surface area (Å²) in [6.45, 7) is 13.6. The van der Waals surface area contributed by atoms with Crippen LogP contribution in [0.3, 0.4) is 0 Å². The predicted octanol–water partition coefficient (Wildman–Crippen LogP) is 11.3. The van der Waals surface area contributed by atoms with E-state index in [1.807, 2.05) is 67.8 Å². The summed E-state index contributed by atoms with van der Waals surface area (Å²) < 4.78 is 65.5. The Balaban J connectivity index is 1.27. The molecule has 2 aromatic heterocycles. The van der Waals surface area contributed by atoms with Gasteiger partial charge < -0.3 is 19.1 Å². The second kappa shape index (κ2) is 17.5. The van der Waals surface area contributed by atoms with Gasteiger partial charge in [-0.15, -0.1) is 0 Å². The molecule has 2 fully saturated rings. The van der Waals surface area contributed by atoms with Crippen molar-refractivity contribution in [2.24, 2.45) is 11.3 Å². The van der Waals surface area contributed by atoms with E-state index in [1.54, 1.807) is 7.11 Å². The first-order chi connectivity index (χ1) is 27.3. The molecular weight excluding hydrogens is 726 g/mol. The molecule has 0 amide bonds. The summed E-state index contributed by atoms with van der Waals surface area (Å²) in [5.74, 6) is -1.09. The van der Waals surface area contributed by atoms with Crippen LogP contribution in [0.5, 0.6) is 5.75 Å². The number of methoxy groups -OCH3 is 1. The highest BCUT2D eigenvalue weighted by atomic mass is 19.3. The lowest BCUT2D eigenvalue weighted by Gasteiger charge is -2.42. The topological polar surface area (TPSA) is 69.6 Å². The molecule has 2 aliphatic carbocycles. The van der Waals surface area contributed by atoms with Gasteiger partial charge in [0, 0.05) is 73.2 Å². The number of rotatable bonds is 13. The van der Waals surface area contributed by atoms with Crippen molar-refractivity contribution in [1.29, 1.82) is 0 Å². The van der Waals surface area contributed by atoms with Gasteiger partial charge in [0.05, 0.1) is 32.1 Å². The Morgan fingerprint density at radius 3 is 2.14 bits per heavy atom. The van der Waals surface area contributed by atoms with Crippen molar-refractivity contribution in [2.45, 2.75) is 129 Å². The number of nitrogens with zero attached hydrogens (tertiary/aromatic N) is 4. The van der Waals surface area contributed by atoms with Crippen molar-refractivity contribution in [3.05, 3.63) is 111 Å². The third-order valence-electron chi connectivity index (χ3n) is 12.1. The van der Waals surface area contributed by atoms with E-state index >= 15 is 4.39 Å². The van der Waals surface area contributed by atoms with Crippen molar-refractivity contribution >= 4 is 5.95 Å². The van der Waals surface area contributed by atoms with Crippen LogP contribution in [0.25, 0.3) is 0 Å². The van der Waals surface area contributed by atoms with Gasteiger partial charge in [-0.2, -0.15) is 0 Å². The summed E-state index contributed by atoms with van der Waals surface area (Å²) in [6.07, 6.45) is 4.89. The lowest BCUT2D eigenvalue weighted by molar-refractivity contribution is -0.0390. The van der Waals surface area contributed by atoms with Gasteiger partial charge in [0.1, 0.15) is 5.75 Å². The number of benzene rings is 2. The van der Waals surface area contributed by atoms with Crippen molar-refractivity contribution in [1.82, 2.24) is 15.0 Å². The maximum atomic E-state index is 17.8. The molecule has 1 saturated carbocycles. The average Bonchev–Trinajstić information content (AvgIpc) is 3.19. The van der Waals surface area contributed by atoms with Crippen LogP contribution in [0.2, 0.25) is 0 Å². The highest BCUT2D eigenvalue weighted by Gasteiger charge is 2.44. The summed E-state index contributed by atoms with van der Waals surface area (Å²) in [6, 6.07) is 15.4. The molecular formula is C47H59F3N4O3. The second-order valence-corrected chi connectivity index (χ2v) is 17.8. The zero-order chi connectivity index (χ0) is 40.3. The third-order valence-corrected chi connectivity index (χ3v) is 12.1. The monoisotopic (exact) mass is 784 g/mol. The molecule has 1 saturated heterocycles. The van der Waals surface area contributed by atoms with Crippen LogP contribution in [0.1, 0.15) is 147 Å². The van der Waals surface area contributed by atoms with E-state index in [1.165, 1.54) is 0 Å². The van der Waals surface area contributed by atoms with E-state index in [0.717, 1.165) is 64.2 Å². The first kappa shape index (κ1) is 41.2. The smallest absolute Gasteiger partial charge is 0.248 e. The Labute approximate surface area is 336 Å². The molecule has 2 aromatic carbocycles. The van der Waals surface area contributed by atoms with E-state index in [0.29, 0.717) is 75.2 Å². The van der Waals surface area contributed by atoms with Crippen LogP contribution in [-0.2, 0) is 29.1 Å². The molecule has 2 atom stereocenters. The van der Waals surface area contributed by atoms with Crippen LogP contribution >= 0.6 is 0 Å². The quantitative estimate of drug-likeness (QED) is 0.134. The molecule has 4 aromatic rings. The number of halogens is 3. The van der Waals surface area contributed by atoms with Gasteiger partial charge in [-0.1, -0.05) is 69.7 Å². The van der Waals surface area contributed by atoms with E-state index in [-0.39, 0.29) is 36.2 Å². The van der Waals surface area contributed by atoms with Crippen molar-refractivity contribution < 1.29 is 27.4 Å². The minimum atomic E-state index is -2.72. The number of anilines is 1. The number of hydrogen-bond acceptors (Lipinski definition) is 7. The zero-order valence-corrected chi connectivity index (χ0v) is 34.5. The predicted molar refractivity (Wildman–Crippen MR) is 218 cm³/mol. The number of piperidine rings is 1. The summed E-state index contributed by atoms with van der Waals surface area (Å²) in [7, 11) is 1.64. The van der Waals surface area contributed by atoms with Crippen LogP contribution < -0.4 is 9.64 Å². The fraction of sp³-hybridized carbons (Fsp3) is 0.553. The number of pyridine rings is 1. The molecule has 0 bridgehead atoms. The molecule has 10 heteroatoms. The standard InChI is InChI=1S/C47H59F3N4O3/c1-30(2)27-56-28-33-25-51-45(52-26-33)54-21-17-36(18-22-54)44-42(43(48)35-11-7-31(3)8-12-35)40(34-15-19-47(49,50)20-16-34)41-38(53-44)23-46(4,5)24-39(41)57-29-32-9-13-37(55-6)14-10-32/h7-14,25-26,30,34,36,39,43H,15-24,27-29H2,1-6H3. The summed E-state index contributed by atoms with van der Waals surface area (Å²) in [5.41, 5.74) is 7.47. The summed E-state index contributed by atoms with van der Waals surface area (Å²) in [5, 5.41) is 0. The third kappa shape index (κ3) is 9.82. The molecule has 3 aliphatic rings. The number of hydrogen-bond donors (Lipinski definition) is 0. The summed E-state index contributed by atoms with van der Waals surface area (Å²) in [4.78, 5) is 17.1. The summed E-state index contributed by atoms with van der Waals surface area (Å²) >= 11 is 0. The largest absolute Gasteiger partial charge is 0.497 e. The Morgan fingerprint density at radius 1 is 0.842 bits per heavy atom. The molecule has 1 aliphatic heterocycles. The van der Waals surface area contributed by atoms with Crippen molar-refractivity contribution in [3.8, 4) is 5.75 Å². The molecule has 2 unspecified atom stereocenters. The molecule has 0 radical (unpaired) electrons. The number of fused-ring (bicyclic) bond motifs is 1. The Bertz CT molecular complexity index is 1930. The fourth-order valence-corrected chi connectivity index (χ4v) is 8.99. The molecule has 0 spiro atoms. The minimum Gasteiger partial charge on any atom is -0.497 e. The first-order valence-electron chi connectivity index (χ1n) is 20.8. The first-order valence-corrected chi connectivity index (χ1v) is 20.8. The molecule has 7 rings (SSSR count). The van der Waals surface area contributed by atoms with E-state index in [4.69, 9.17) is 19.2 Å². The Kier molecular flexibility index (Phi) is 12.6. The zero-order valence-electron chi connectivity index (χ0n) is 34.5. The van der Waals surface area contributed by atoms with Gasteiger partial charge >= 0.3 is 0 Å². The van der Waals surface area contributed by atoms with Crippen LogP contribution in [-0.4, -0.2) is 47.7 Å². The molecule has 3 heterocycles. The minimum absolute atomic E-state index is 0.0264. The van der Waals surface area contributed by atoms with Gasteiger partial charge in [-0.3, -0.25) is 4.98 Å². The second-order valence-electron chi connectivity index (χ2n) is 17.8. The SMILES string of the molecule is COc1ccc(COC2CC(C)(C)Cc3nc(C4CCN(c5ncc(COCC(C)C)cn5)CC4)c(C(F)c4ccc(C)cc4)c(C4CCC(F)(F)CC4)c32)cc1. The highest BCUT2D eigenvalue weighted by Crippen LogP contribution is 2.53. The van der Waals surface area contributed by atoms with Crippen molar-refractivity contribution in [3.63, 3.8) is 0 Å². The molecule has 0 N–H and O–H groups in total. The van der Waals surface area contributed by atoms with Crippen molar-refractivity contribution in [2.75, 3.05) is 31.7 Å².